The van der Waals surface area contributed by atoms with Gasteiger partial charge in [0.2, 0.25) is 0 Å². The third-order valence-electron chi connectivity index (χ3n) is 5.41. The summed E-state index contributed by atoms with van der Waals surface area (Å²) in [5, 5.41) is 7.84. The minimum absolute atomic E-state index is 0.316. The molecule has 0 bridgehead atoms. The average molecular weight is 302 g/mol. The number of amides is 1. The van der Waals surface area contributed by atoms with E-state index < -0.39 is 5.54 Å². The Bertz CT molecular complexity index is 499. The van der Waals surface area contributed by atoms with Gasteiger partial charge in [-0.15, -0.1) is 0 Å². The van der Waals surface area contributed by atoms with Gasteiger partial charge in [-0.05, 0) is 69.5 Å². The molecule has 22 heavy (non-hydrogen) atoms. The zero-order chi connectivity index (χ0) is 15.0. The molecule has 0 unspecified atom stereocenters. The average Bonchev–Trinajstić information content (AvgIpc) is 3.48. The summed E-state index contributed by atoms with van der Waals surface area (Å²) < 4.78 is 1.93. The van der Waals surface area contributed by atoms with Crippen molar-refractivity contribution < 1.29 is 4.79 Å². The molecule has 1 aromatic heterocycles. The highest BCUT2D eigenvalue weighted by Crippen LogP contribution is 2.37. The Morgan fingerprint density at radius 3 is 2.32 bits per heavy atom. The molecule has 1 N–H and O–H groups in total. The number of aromatic nitrogens is 2. The van der Waals surface area contributed by atoms with Crippen molar-refractivity contribution in [1.82, 2.24) is 20.0 Å². The van der Waals surface area contributed by atoms with Crippen molar-refractivity contribution in [3.05, 3.63) is 18.5 Å². The van der Waals surface area contributed by atoms with Crippen LogP contribution in [0, 0.1) is 11.8 Å². The summed E-state index contributed by atoms with van der Waals surface area (Å²) in [6.07, 6.45) is 10.6. The number of piperidine rings is 1. The van der Waals surface area contributed by atoms with Crippen LogP contribution in [-0.4, -0.2) is 46.8 Å². The maximum absolute atomic E-state index is 13.5. The first-order chi connectivity index (χ1) is 10.8. The summed E-state index contributed by atoms with van der Waals surface area (Å²) in [4.78, 5) is 15.7. The van der Waals surface area contributed by atoms with Crippen LogP contribution in [0.25, 0.3) is 0 Å². The van der Waals surface area contributed by atoms with E-state index in [1.165, 1.54) is 25.7 Å². The Hall–Kier alpha value is -1.36. The molecule has 3 fully saturated rings. The summed E-state index contributed by atoms with van der Waals surface area (Å²) in [5.41, 5.74) is -0.460. The molecular formula is C17H26N4O. The molecular weight excluding hydrogens is 276 g/mol. The Morgan fingerprint density at radius 1 is 1.18 bits per heavy atom. The largest absolute Gasteiger partial charge is 0.340 e. The molecule has 3 aliphatic rings. The van der Waals surface area contributed by atoms with Crippen LogP contribution in [0.5, 0.6) is 0 Å². The highest BCUT2D eigenvalue weighted by molar-refractivity contribution is 5.84. The van der Waals surface area contributed by atoms with Gasteiger partial charge in [-0.1, -0.05) is 0 Å². The van der Waals surface area contributed by atoms with Gasteiger partial charge in [-0.2, -0.15) is 5.10 Å². The van der Waals surface area contributed by atoms with Gasteiger partial charge in [0.1, 0.15) is 5.54 Å². The first kappa shape index (κ1) is 14.2. The standard InChI is InChI=1S/C17H26N4O/c22-16(20(12-14-2-3-14)13-15-4-5-15)17(6-9-18-10-7-17)21-11-1-8-19-21/h1,8,11,14-15,18H,2-7,9-10,12-13H2. The Labute approximate surface area is 132 Å². The molecule has 120 valence electrons. The van der Waals surface area contributed by atoms with Crippen LogP contribution in [0.1, 0.15) is 38.5 Å². The van der Waals surface area contributed by atoms with Crippen molar-refractivity contribution in [1.29, 1.82) is 0 Å². The number of hydrogen-bond donors (Lipinski definition) is 1. The fourth-order valence-corrected chi connectivity index (χ4v) is 3.66. The molecule has 1 amide bonds. The molecule has 5 heteroatoms. The molecule has 0 atom stereocenters. The van der Waals surface area contributed by atoms with Gasteiger partial charge in [0, 0.05) is 25.5 Å². The van der Waals surface area contributed by atoms with E-state index in [4.69, 9.17) is 0 Å². The number of rotatable bonds is 6. The molecule has 0 aromatic carbocycles. The maximum atomic E-state index is 13.5. The number of hydrogen-bond acceptors (Lipinski definition) is 3. The second kappa shape index (κ2) is 5.69. The van der Waals surface area contributed by atoms with Crippen molar-refractivity contribution in [3.63, 3.8) is 0 Å². The summed E-state index contributed by atoms with van der Waals surface area (Å²) >= 11 is 0. The second-order valence-corrected chi connectivity index (χ2v) is 7.33. The van der Waals surface area contributed by atoms with E-state index in [9.17, 15) is 4.79 Å². The van der Waals surface area contributed by atoms with Gasteiger partial charge in [0.25, 0.3) is 5.91 Å². The SMILES string of the molecule is O=C(N(CC1CC1)CC1CC1)C1(n2cccn2)CCNCC1. The highest BCUT2D eigenvalue weighted by Gasteiger charge is 2.46. The minimum atomic E-state index is -0.460. The van der Waals surface area contributed by atoms with E-state index in [0.29, 0.717) is 5.91 Å². The number of nitrogens with one attached hydrogen (secondary N) is 1. The third-order valence-corrected chi connectivity index (χ3v) is 5.41. The summed E-state index contributed by atoms with van der Waals surface area (Å²) in [5.74, 6) is 1.81. The number of carbonyl (C=O) groups is 1. The lowest BCUT2D eigenvalue weighted by Gasteiger charge is -2.40. The zero-order valence-corrected chi connectivity index (χ0v) is 13.2. The molecule has 0 radical (unpaired) electrons. The lowest BCUT2D eigenvalue weighted by Crippen LogP contribution is -2.56. The van der Waals surface area contributed by atoms with Crippen molar-refractivity contribution in [3.8, 4) is 0 Å². The fraction of sp³-hybridized carbons (Fsp3) is 0.765. The van der Waals surface area contributed by atoms with E-state index in [1.807, 2.05) is 16.9 Å². The molecule has 2 saturated carbocycles. The molecule has 1 aromatic rings. The van der Waals surface area contributed by atoms with Gasteiger partial charge in [-0.3, -0.25) is 9.48 Å². The highest BCUT2D eigenvalue weighted by atomic mass is 16.2. The molecule has 2 heterocycles. The first-order valence-corrected chi connectivity index (χ1v) is 8.78. The monoisotopic (exact) mass is 302 g/mol. The van der Waals surface area contributed by atoms with Crippen LogP contribution in [0.2, 0.25) is 0 Å². The van der Waals surface area contributed by atoms with Crippen LogP contribution in [-0.2, 0) is 10.3 Å². The van der Waals surface area contributed by atoms with Crippen molar-refractivity contribution >= 4 is 5.91 Å². The van der Waals surface area contributed by atoms with E-state index in [0.717, 1.165) is 50.9 Å². The predicted molar refractivity (Wildman–Crippen MR) is 84.3 cm³/mol. The van der Waals surface area contributed by atoms with E-state index >= 15 is 0 Å². The molecule has 2 aliphatic carbocycles. The third kappa shape index (κ3) is 2.78. The van der Waals surface area contributed by atoms with Gasteiger partial charge in [-0.25, -0.2) is 0 Å². The normalized spacial score (nSPS) is 24.2. The number of nitrogens with zero attached hydrogens (tertiary/aromatic N) is 3. The Balaban J connectivity index is 1.59. The lowest BCUT2D eigenvalue weighted by atomic mass is 9.86. The zero-order valence-electron chi connectivity index (χ0n) is 13.2. The predicted octanol–water partition coefficient (Wildman–Crippen LogP) is 1.61. The topological polar surface area (TPSA) is 50.2 Å². The van der Waals surface area contributed by atoms with Gasteiger partial charge < -0.3 is 10.2 Å². The van der Waals surface area contributed by atoms with Crippen molar-refractivity contribution in [2.24, 2.45) is 11.8 Å². The molecule has 0 spiro atoms. The van der Waals surface area contributed by atoms with Crippen LogP contribution in [0.3, 0.4) is 0 Å². The van der Waals surface area contributed by atoms with Gasteiger partial charge in [0.15, 0.2) is 0 Å². The van der Waals surface area contributed by atoms with E-state index in [2.05, 4.69) is 15.3 Å². The maximum Gasteiger partial charge on any atom is 0.250 e. The molecule has 5 nitrogen and oxygen atoms in total. The lowest BCUT2D eigenvalue weighted by molar-refractivity contribution is -0.143. The van der Waals surface area contributed by atoms with Crippen LogP contribution in [0.4, 0.5) is 0 Å². The summed E-state index contributed by atoms with van der Waals surface area (Å²) in [7, 11) is 0. The smallest absolute Gasteiger partial charge is 0.250 e. The van der Waals surface area contributed by atoms with Crippen LogP contribution >= 0.6 is 0 Å². The van der Waals surface area contributed by atoms with Crippen LogP contribution in [0.15, 0.2) is 18.5 Å². The van der Waals surface area contributed by atoms with Crippen LogP contribution < -0.4 is 5.32 Å². The van der Waals surface area contributed by atoms with Gasteiger partial charge in [0.05, 0.1) is 0 Å². The van der Waals surface area contributed by atoms with Crippen molar-refractivity contribution in [2.75, 3.05) is 26.2 Å². The van der Waals surface area contributed by atoms with E-state index in [-0.39, 0.29) is 0 Å². The summed E-state index contributed by atoms with van der Waals surface area (Å²) in [6, 6.07) is 1.93. The van der Waals surface area contributed by atoms with Gasteiger partial charge >= 0.3 is 0 Å². The summed E-state index contributed by atoms with van der Waals surface area (Å²) in [6.45, 7) is 3.72. The Morgan fingerprint density at radius 2 is 1.82 bits per heavy atom. The molecule has 1 aliphatic heterocycles. The molecule has 1 saturated heterocycles. The van der Waals surface area contributed by atoms with Crippen molar-refractivity contribution in [2.45, 2.75) is 44.1 Å². The number of carbonyl (C=O) groups excluding carboxylic acids is 1. The minimum Gasteiger partial charge on any atom is -0.340 e. The first-order valence-electron chi connectivity index (χ1n) is 8.78. The fourth-order valence-electron chi connectivity index (χ4n) is 3.66. The van der Waals surface area contributed by atoms with E-state index in [1.54, 1.807) is 6.20 Å². The quantitative estimate of drug-likeness (QED) is 0.868. The second-order valence-electron chi connectivity index (χ2n) is 7.33. The Kier molecular flexibility index (Phi) is 3.68. The molecule has 4 rings (SSSR count).